The molecule has 0 atom stereocenters. The van der Waals surface area contributed by atoms with Gasteiger partial charge in [0, 0.05) is 25.2 Å². The number of nitro benzene ring substituents is 1. The molecule has 0 amide bonds. The van der Waals surface area contributed by atoms with Crippen LogP contribution in [0.5, 0.6) is 5.75 Å². The van der Waals surface area contributed by atoms with Gasteiger partial charge in [0.05, 0.1) is 22.8 Å². The number of hydrogen-bond acceptors (Lipinski definition) is 6. The monoisotopic (exact) mass is 344 g/mol. The second-order valence-electron chi connectivity index (χ2n) is 5.11. The molecule has 1 aromatic carbocycles. The van der Waals surface area contributed by atoms with Crippen LogP contribution in [-0.4, -0.2) is 48.9 Å². The Morgan fingerprint density at radius 1 is 1.39 bits per heavy atom. The first-order chi connectivity index (χ1) is 10.8. The summed E-state index contributed by atoms with van der Waals surface area (Å²) in [6, 6.07) is 3.34. The van der Waals surface area contributed by atoms with E-state index in [0.717, 1.165) is 18.2 Å². The van der Waals surface area contributed by atoms with Crippen LogP contribution in [0.1, 0.15) is 12.8 Å². The number of carbonyl (C=O) groups is 1. The summed E-state index contributed by atoms with van der Waals surface area (Å²) in [5.41, 5.74) is -0.323. The molecule has 0 bridgehead atoms. The quantitative estimate of drug-likeness (QED) is 0.625. The molecule has 1 aliphatic rings. The van der Waals surface area contributed by atoms with Crippen molar-refractivity contribution in [2.24, 2.45) is 5.92 Å². The smallest absolute Gasteiger partial charge is 0.310 e. The third-order valence-electron chi connectivity index (χ3n) is 3.79. The van der Waals surface area contributed by atoms with Gasteiger partial charge in [-0.3, -0.25) is 14.9 Å². The lowest BCUT2D eigenvalue weighted by Crippen LogP contribution is -2.40. The average Bonchev–Trinajstić information content (AvgIpc) is 2.54. The molecule has 1 N–H and O–H groups in total. The summed E-state index contributed by atoms with van der Waals surface area (Å²) >= 11 is 0. The largest absolute Gasteiger partial charge is 0.490 e. The zero-order valence-electron chi connectivity index (χ0n) is 12.3. The van der Waals surface area contributed by atoms with E-state index in [-0.39, 0.29) is 42.3 Å². The normalized spacial score (nSPS) is 16.9. The fourth-order valence-electron chi connectivity index (χ4n) is 2.46. The van der Waals surface area contributed by atoms with Crippen LogP contribution in [0, 0.1) is 16.0 Å². The number of piperidine rings is 1. The predicted molar refractivity (Wildman–Crippen MR) is 78.8 cm³/mol. The Morgan fingerprint density at radius 2 is 2.00 bits per heavy atom. The van der Waals surface area contributed by atoms with E-state index < -0.39 is 26.8 Å². The maximum atomic E-state index is 12.6. The van der Waals surface area contributed by atoms with Crippen molar-refractivity contribution >= 4 is 21.7 Å². The summed E-state index contributed by atoms with van der Waals surface area (Å²) in [6.45, 7) is 0.192. The summed E-state index contributed by atoms with van der Waals surface area (Å²) in [4.78, 5) is 21.0. The van der Waals surface area contributed by atoms with Crippen LogP contribution in [0.3, 0.4) is 0 Å². The highest BCUT2D eigenvalue weighted by Gasteiger charge is 2.33. The van der Waals surface area contributed by atoms with E-state index in [9.17, 15) is 23.3 Å². The summed E-state index contributed by atoms with van der Waals surface area (Å²) in [5, 5.41) is 19.8. The lowest BCUT2D eigenvalue weighted by Gasteiger charge is -2.29. The number of hydrogen-bond donors (Lipinski definition) is 1. The van der Waals surface area contributed by atoms with Gasteiger partial charge in [0.1, 0.15) is 0 Å². The number of sulfonamides is 1. The van der Waals surface area contributed by atoms with Gasteiger partial charge in [0.25, 0.3) is 0 Å². The van der Waals surface area contributed by atoms with Crippen LogP contribution in [0.2, 0.25) is 0 Å². The highest BCUT2D eigenvalue weighted by atomic mass is 32.2. The lowest BCUT2D eigenvalue weighted by molar-refractivity contribution is -0.385. The Bertz CT molecular complexity index is 724. The molecular weight excluding hydrogens is 328 g/mol. The fraction of sp³-hybridized carbons (Fsp3) is 0.462. The molecule has 1 saturated heterocycles. The van der Waals surface area contributed by atoms with Crippen LogP contribution in [0.25, 0.3) is 0 Å². The zero-order chi connectivity index (χ0) is 17.2. The molecule has 0 unspecified atom stereocenters. The van der Waals surface area contributed by atoms with Gasteiger partial charge < -0.3 is 9.84 Å². The number of rotatable bonds is 5. The number of nitrogens with zero attached hydrogens (tertiary/aromatic N) is 2. The molecule has 126 valence electrons. The second kappa shape index (κ2) is 6.50. The minimum atomic E-state index is -3.85. The van der Waals surface area contributed by atoms with Gasteiger partial charge in [-0.1, -0.05) is 0 Å². The molecule has 1 aromatic rings. The number of methoxy groups -OCH3 is 1. The van der Waals surface area contributed by atoms with E-state index in [0.29, 0.717) is 0 Å². The molecule has 1 heterocycles. The Morgan fingerprint density at radius 3 is 2.48 bits per heavy atom. The Hall–Kier alpha value is -2.20. The van der Waals surface area contributed by atoms with Crippen LogP contribution >= 0.6 is 0 Å². The number of nitro groups is 1. The summed E-state index contributed by atoms with van der Waals surface area (Å²) < 4.78 is 31.2. The van der Waals surface area contributed by atoms with Crippen molar-refractivity contribution in [3.63, 3.8) is 0 Å². The van der Waals surface area contributed by atoms with Crippen molar-refractivity contribution in [2.75, 3.05) is 20.2 Å². The SMILES string of the molecule is COc1cc(S(=O)(=O)N2CCC(C(=O)O)CC2)ccc1[N+](=O)[O-]. The van der Waals surface area contributed by atoms with Gasteiger partial charge in [-0.05, 0) is 18.9 Å². The first-order valence-electron chi connectivity index (χ1n) is 6.82. The Labute approximate surface area is 132 Å². The first-order valence-corrected chi connectivity index (χ1v) is 8.26. The van der Waals surface area contributed by atoms with E-state index in [1.54, 1.807) is 0 Å². The lowest BCUT2D eigenvalue weighted by atomic mass is 9.99. The third-order valence-corrected chi connectivity index (χ3v) is 5.68. The van der Waals surface area contributed by atoms with Crippen LogP contribution in [0.15, 0.2) is 23.1 Å². The van der Waals surface area contributed by atoms with E-state index >= 15 is 0 Å². The Kier molecular flexibility index (Phi) is 4.85. The van der Waals surface area contributed by atoms with E-state index in [1.165, 1.54) is 11.4 Å². The minimum absolute atomic E-state index is 0.0958. The van der Waals surface area contributed by atoms with Gasteiger partial charge in [-0.15, -0.1) is 0 Å². The predicted octanol–water partition coefficient (Wildman–Crippen LogP) is 1.09. The number of ether oxygens (including phenoxy) is 1. The maximum absolute atomic E-state index is 12.6. The van der Waals surface area contributed by atoms with E-state index in [1.807, 2.05) is 0 Å². The van der Waals surface area contributed by atoms with Crippen molar-refractivity contribution in [2.45, 2.75) is 17.7 Å². The summed E-state index contributed by atoms with van der Waals surface area (Å²) in [5.74, 6) is -1.62. The van der Waals surface area contributed by atoms with Crippen molar-refractivity contribution in [1.29, 1.82) is 0 Å². The highest BCUT2D eigenvalue weighted by molar-refractivity contribution is 7.89. The minimum Gasteiger partial charge on any atom is -0.490 e. The summed E-state index contributed by atoms with van der Waals surface area (Å²) in [7, 11) is -2.63. The molecule has 0 aromatic heterocycles. The van der Waals surface area contributed by atoms with Gasteiger partial charge in [-0.2, -0.15) is 4.31 Å². The molecule has 0 radical (unpaired) electrons. The van der Waals surface area contributed by atoms with E-state index in [4.69, 9.17) is 9.84 Å². The van der Waals surface area contributed by atoms with Crippen molar-refractivity contribution in [3.8, 4) is 5.75 Å². The van der Waals surface area contributed by atoms with Crippen molar-refractivity contribution in [3.05, 3.63) is 28.3 Å². The molecule has 23 heavy (non-hydrogen) atoms. The number of carboxylic acid groups (broad SMARTS) is 1. The van der Waals surface area contributed by atoms with Crippen LogP contribution < -0.4 is 4.74 Å². The van der Waals surface area contributed by atoms with Gasteiger partial charge >= 0.3 is 11.7 Å². The molecule has 0 saturated carbocycles. The first kappa shape index (κ1) is 17.2. The van der Waals surface area contributed by atoms with Crippen molar-refractivity contribution < 1.29 is 28.0 Å². The number of benzene rings is 1. The third kappa shape index (κ3) is 3.42. The molecule has 2 rings (SSSR count). The topological polar surface area (TPSA) is 127 Å². The van der Waals surface area contributed by atoms with E-state index in [2.05, 4.69) is 0 Å². The molecule has 10 heteroatoms. The van der Waals surface area contributed by atoms with Gasteiger partial charge in [-0.25, -0.2) is 8.42 Å². The summed E-state index contributed by atoms with van der Waals surface area (Å²) in [6.07, 6.45) is 0.470. The van der Waals surface area contributed by atoms with Crippen LogP contribution in [0.4, 0.5) is 5.69 Å². The highest BCUT2D eigenvalue weighted by Crippen LogP contribution is 2.31. The van der Waals surface area contributed by atoms with Gasteiger partial charge in [0.2, 0.25) is 10.0 Å². The molecule has 1 fully saturated rings. The average molecular weight is 344 g/mol. The fourth-order valence-corrected chi connectivity index (χ4v) is 3.95. The molecule has 0 spiro atoms. The number of carboxylic acids is 1. The van der Waals surface area contributed by atoms with Gasteiger partial charge in [0.15, 0.2) is 5.75 Å². The van der Waals surface area contributed by atoms with Crippen LogP contribution in [-0.2, 0) is 14.8 Å². The zero-order valence-corrected chi connectivity index (χ0v) is 13.2. The molecule has 1 aliphatic heterocycles. The number of aliphatic carboxylic acids is 1. The maximum Gasteiger partial charge on any atom is 0.310 e. The molecular formula is C13H16N2O7S. The molecule has 0 aliphatic carbocycles. The van der Waals surface area contributed by atoms with Crippen molar-refractivity contribution in [1.82, 2.24) is 4.31 Å². The Balaban J connectivity index is 2.27. The standard InChI is InChI=1S/C13H16N2O7S/c1-22-12-8-10(2-3-11(12)15(18)19)23(20,21)14-6-4-9(5-7-14)13(16)17/h2-3,8-9H,4-7H2,1H3,(H,16,17). The second-order valence-corrected chi connectivity index (χ2v) is 7.05. The molecule has 9 nitrogen and oxygen atoms in total.